The fourth-order valence-corrected chi connectivity index (χ4v) is 6.32. The minimum atomic E-state index is -4.63. The van der Waals surface area contributed by atoms with Gasteiger partial charge in [0.05, 0.1) is 27.1 Å². The average Bonchev–Trinajstić information content (AvgIpc) is 2.98. The first-order valence-electron chi connectivity index (χ1n) is 13.2. The molecule has 4 aromatic carbocycles. The topological polar surface area (TPSA) is 69.7 Å². The maximum absolute atomic E-state index is 13.5. The highest BCUT2D eigenvalue weighted by Crippen LogP contribution is 2.32. The normalized spacial score (nSPS) is 14.6. The van der Waals surface area contributed by atoms with E-state index in [1.54, 1.807) is 4.90 Å². The number of carbonyl (C=O) groups excluding carboxylic acids is 1. The summed E-state index contributed by atoms with van der Waals surface area (Å²) in [4.78, 5) is 17.1. The highest BCUT2D eigenvalue weighted by molar-refractivity contribution is 7.92. The Morgan fingerprint density at radius 3 is 1.95 bits per heavy atom. The number of hydrogen-bond acceptors (Lipinski definition) is 4. The van der Waals surface area contributed by atoms with E-state index < -0.39 is 27.7 Å². The lowest BCUT2D eigenvalue weighted by Gasteiger charge is -2.40. The molecule has 0 spiro atoms. The zero-order chi connectivity index (χ0) is 29.9. The second-order valence-corrected chi connectivity index (χ2v) is 12.0. The van der Waals surface area contributed by atoms with E-state index in [1.807, 2.05) is 36.4 Å². The number of piperazine rings is 1. The van der Waals surface area contributed by atoms with Gasteiger partial charge in [-0.3, -0.25) is 14.4 Å². The van der Waals surface area contributed by atoms with Crippen LogP contribution in [0.4, 0.5) is 18.9 Å². The third-order valence-corrected chi connectivity index (χ3v) is 8.83. The molecule has 42 heavy (non-hydrogen) atoms. The molecule has 1 saturated heterocycles. The number of sulfonamides is 1. The predicted molar refractivity (Wildman–Crippen MR) is 156 cm³/mol. The first kappa shape index (κ1) is 29.6. The molecule has 1 aliphatic rings. The lowest BCUT2D eigenvalue weighted by atomic mass is 9.96. The molecule has 4 aromatic rings. The van der Waals surface area contributed by atoms with Crippen molar-refractivity contribution >= 4 is 33.2 Å². The van der Waals surface area contributed by atoms with Gasteiger partial charge in [0.25, 0.3) is 15.9 Å². The van der Waals surface area contributed by atoms with Gasteiger partial charge in [0.2, 0.25) is 0 Å². The maximum atomic E-state index is 13.5. The Morgan fingerprint density at radius 1 is 0.786 bits per heavy atom. The first-order valence-corrected chi connectivity index (χ1v) is 15.0. The Balaban J connectivity index is 1.32. The highest BCUT2D eigenvalue weighted by atomic mass is 35.5. The molecule has 0 unspecified atom stereocenters. The van der Waals surface area contributed by atoms with Gasteiger partial charge in [-0.25, -0.2) is 8.42 Å². The van der Waals surface area contributed by atoms with Crippen molar-refractivity contribution in [1.29, 1.82) is 0 Å². The molecular formula is C31H27ClF3N3O3S. The molecular weight excluding hydrogens is 587 g/mol. The van der Waals surface area contributed by atoms with E-state index in [-0.39, 0.29) is 27.2 Å². The summed E-state index contributed by atoms with van der Waals surface area (Å²) in [5.41, 5.74) is 1.03. The molecule has 0 radical (unpaired) electrons. The quantitative estimate of drug-likeness (QED) is 0.252. The van der Waals surface area contributed by atoms with Crippen LogP contribution in [0, 0.1) is 0 Å². The van der Waals surface area contributed by atoms with E-state index in [0.717, 1.165) is 29.3 Å². The van der Waals surface area contributed by atoms with Crippen LogP contribution < -0.4 is 4.72 Å². The van der Waals surface area contributed by atoms with E-state index in [2.05, 4.69) is 33.9 Å². The molecule has 218 valence electrons. The summed E-state index contributed by atoms with van der Waals surface area (Å²) in [5.74, 6) is -0.424. The molecule has 1 aliphatic heterocycles. The first-order chi connectivity index (χ1) is 20.0. The Kier molecular flexibility index (Phi) is 8.58. The average molecular weight is 614 g/mol. The van der Waals surface area contributed by atoms with Crippen LogP contribution in [0.5, 0.6) is 0 Å². The summed E-state index contributed by atoms with van der Waals surface area (Å²) >= 11 is 6.33. The largest absolute Gasteiger partial charge is 0.416 e. The third-order valence-electron chi connectivity index (χ3n) is 7.12. The molecule has 1 heterocycles. The predicted octanol–water partition coefficient (Wildman–Crippen LogP) is 6.71. The van der Waals surface area contributed by atoms with Crippen molar-refractivity contribution in [2.75, 3.05) is 30.9 Å². The van der Waals surface area contributed by atoms with Crippen LogP contribution in [0.1, 0.15) is 33.1 Å². The van der Waals surface area contributed by atoms with Crippen LogP contribution in [0.25, 0.3) is 0 Å². The molecule has 0 aromatic heterocycles. The summed E-state index contributed by atoms with van der Waals surface area (Å²) < 4.78 is 67.5. The monoisotopic (exact) mass is 613 g/mol. The van der Waals surface area contributed by atoms with Crippen LogP contribution in [0.15, 0.2) is 108 Å². The third kappa shape index (κ3) is 6.61. The van der Waals surface area contributed by atoms with Crippen molar-refractivity contribution in [3.63, 3.8) is 0 Å². The second kappa shape index (κ2) is 12.2. The van der Waals surface area contributed by atoms with Gasteiger partial charge in [-0.1, -0.05) is 78.3 Å². The van der Waals surface area contributed by atoms with Gasteiger partial charge >= 0.3 is 6.18 Å². The molecule has 0 bridgehead atoms. The number of rotatable bonds is 7. The smallest absolute Gasteiger partial charge is 0.336 e. The number of alkyl halides is 3. The maximum Gasteiger partial charge on any atom is 0.416 e. The van der Waals surface area contributed by atoms with Crippen molar-refractivity contribution in [3.05, 3.63) is 130 Å². The molecule has 1 fully saturated rings. The minimum absolute atomic E-state index is 0.000275. The summed E-state index contributed by atoms with van der Waals surface area (Å²) in [6.07, 6.45) is -4.63. The summed E-state index contributed by atoms with van der Waals surface area (Å²) in [6, 6.07) is 27.8. The van der Waals surface area contributed by atoms with Crippen LogP contribution >= 0.6 is 11.6 Å². The number of hydrogen-bond donors (Lipinski definition) is 1. The van der Waals surface area contributed by atoms with Crippen LogP contribution in [0.3, 0.4) is 0 Å². The Morgan fingerprint density at radius 2 is 1.38 bits per heavy atom. The van der Waals surface area contributed by atoms with Gasteiger partial charge in [-0.15, -0.1) is 0 Å². The van der Waals surface area contributed by atoms with Crippen molar-refractivity contribution in [3.8, 4) is 0 Å². The number of nitrogens with zero attached hydrogens (tertiary/aromatic N) is 2. The minimum Gasteiger partial charge on any atom is -0.336 e. The van der Waals surface area contributed by atoms with Gasteiger partial charge in [0.1, 0.15) is 0 Å². The Labute approximate surface area is 247 Å². The van der Waals surface area contributed by atoms with Crippen LogP contribution in [-0.2, 0) is 16.2 Å². The number of anilines is 1. The van der Waals surface area contributed by atoms with Crippen molar-refractivity contribution in [2.45, 2.75) is 17.1 Å². The fraction of sp³-hybridized carbons (Fsp3) is 0.194. The van der Waals surface area contributed by atoms with Crippen molar-refractivity contribution < 1.29 is 26.4 Å². The molecule has 0 atom stereocenters. The highest BCUT2D eigenvalue weighted by Gasteiger charge is 2.32. The number of halogens is 4. The molecule has 0 saturated carbocycles. The zero-order valence-corrected chi connectivity index (χ0v) is 23.8. The van der Waals surface area contributed by atoms with Crippen LogP contribution in [0.2, 0.25) is 5.02 Å². The van der Waals surface area contributed by atoms with E-state index in [9.17, 15) is 26.4 Å². The Bertz CT molecular complexity index is 1620. The molecule has 6 nitrogen and oxygen atoms in total. The van der Waals surface area contributed by atoms with E-state index in [4.69, 9.17) is 11.6 Å². The van der Waals surface area contributed by atoms with Crippen molar-refractivity contribution in [2.24, 2.45) is 0 Å². The molecule has 0 aliphatic carbocycles. The van der Waals surface area contributed by atoms with Gasteiger partial charge in [0, 0.05) is 31.9 Å². The van der Waals surface area contributed by atoms with Gasteiger partial charge in [-0.2, -0.15) is 13.2 Å². The summed E-state index contributed by atoms with van der Waals surface area (Å²) in [7, 11) is -4.32. The zero-order valence-electron chi connectivity index (χ0n) is 22.3. The molecule has 1 N–H and O–H groups in total. The summed E-state index contributed by atoms with van der Waals surface area (Å²) in [6.45, 7) is 1.94. The number of amides is 1. The van der Waals surface area contributed by atoms with E-state index >= 15 is 0 Å². The van der Waals surface area contributed by atoms with Crippen LogP contribution in [-0.4, -0.2) is 50.3 Å². The second-order valence-electron chi connectivity index (χ2n) is 9.88. The van der Waals surface area contributed by atoms with Crippen molar-refractivity contribution in [1.82, 2.24) is 9.80 Å². The van der Waals surface area contributed by atoms with E-state index in [0.29, 0.717) is 32.2 Å². The van der Waals surface area contributed by atoms with E-state index in [1.165, 1.54) is 18.2 Å². The lowest BCUT2D eigenvalue weighted by molar-refractivity contribution is -0.137. The number of benzene rings is 4. The molecule has 11 heteroatoms. The lowest BCUT2D eigenvalue weighted by Crippen LogP contribution is -2.50. The molecule has 1 amide bonds. The number of nitrogens with one attached hydrogen (secondary N) is 1. The summed E-state index contributed by atoms with van der Waals surface area (Å²) in [5, 5.41) is 0.0758. The fourth-order valence-electron chi connectivity index (χ4n) is 5.05. The van der Waals surface area contributed by atoms with Gasteiger partial charge in [0.15, 0.2) is 0 Å². The number of carbonyl (C=O) groups is 1. The SMILES string of the molecule is O=C(c1cc(S(=O)(=O)Nc2cccc(C(F)(F)F)c2)ccc1Cl)N1CCN(C(c2ccccc2)c2ccccc2)CC1. The Hall–Kier alpha value is -3.86. The standard InChI is InChI=1S/C31H27ClF3N3O3S/c32-28-15-14-26(42(40,41)36-25-13-7-12-24(20-25)31(33,34)35)21-27(28)30(39)38-18-16-37(17-19-38)29(22-8-3-1-4-9-22)23-10-5-2-6-11-23/h1-15,20-21,29,36H,16-19H2. The molecule has 5 rings (SSSR count). The van der Waals surface area contributed by atoms with Gasteiger partial charge < -0.3 is 4.90 Å². The van der Waals surface area contributed by atoms with Gasteiger partial charge in [-0.05, 0) is 47.5 Å².